The zero-order valence-corrected chi connectivity index (χ0v) is 12.6. The number of likely N-dealkylation sites (N-methyl/N-ethyl adjacent to an activating group) is 1. The van der Waals surface area contributed by atoms with Crippen molar-refractivity contribution in [2.45, 2.75) is 19.9 Å². The third kappa shape index (κ3) is 3.49. The van der Waals surface area contributed by atoms with E-state index >= 15 is 0 Å². The van der Waals surface area contributed by atoms with Crippen LogP contribution in [0.3, 0.4) is 0 Å². The molecule has 2 N–H and O–H groups in total. The zero-order valence-electron chi connectivity index (χ0n) is 12.6. The minimum Gasteiger partial charge on any atom is -0.478 e. The van der Waals surface area contributed by atoms with Crippen LogP contribution < -0.4 is 5.32 Å². The van der Waals surface area contributed by atoms with Gasteiger partial charge < -0.3 is 15.3 Å². The van der Waals surface area contributed by atoms with Gasteiger partial charge in [0.25, 0.3) is 0 Å². The SMILES string of the molecule is CC(C)N(C)CCNc1ncc(C(=O)O)c2ccccc12. The van der Waals surface area contributed by atoms with Gasteiger partial charge in [-0.15, -0.1) is 0 Å². The van der Waals surface area contributed by atoms with Crippen molar-refractivity contribution >= 4 is 22.6 Å². The molecule has 0 aliphatic rings. The molecule has 0 bridgehead atoms. The molecule has 0 atom stereocenters. The van der Waals surface area contributed by atoms with Crippen LogP contribution in [-0.4, -0.2) is 47.1 Å². The molecule has 0 unspecified atom stereocenters. The number of carboxylic acids is 1. The van der Waals surface area contributed by atoms with Crippen LogP contribution in [0.15, 0.2) is 30.5 Å². The first-order chi connectivity index (χ1) is 10.0. The summed E-state index contributed by atoms with van der Waals surface area (Å²) in [6.45, 7) is 5.96. The summed E-state index contributed by atoms with van der Waals surface area (Å²) in [4.78, 5) is 17.7. The highest BCUT2D eigenvalue weighted by molar-refractivity contribution is 6.06. The molecule has 1 aromatic carbocycles. The lowest BCUT2D eigenvalue weighted by atomic mass is 10.1. The standard InChI is InChI=1S/C16H21N3O2/c1-11(2)19(3)9-8-17-15-13-7-5-4-6-12(13)14(10-18-15)16(20)21/h4-7,10-11H,8-9H2,1-3H3,(H,17,18)(H,20,21). The topological polar surface area (TPSA) is 65.5 Å². The molecule has 1 heterocycles. The van der Waals surface area contributed by atoms with Gasteiger partial charge in [-0.2, -0.15) is 0 Å². The number of carboxylic acid groups (broad SMARTS) is 1. The van der Waals surface area contributed by atoms with E-state index in [-0.39, 0.29) is 5.56 Å². The van der Waals surface area contributed by atoms with Crippen LogP contribution in [0.1, 0.15) is 24.2 Å². The number of nitrogens with one attached hydrogen (secondary N) is 1. The highest BCUT2D eigenvalue weighted by Gasteiger charge is 2.12. The van der Waals surface area contributed by atoms with Crippen LogP contribution in [0.4, 0.5) is 5.82 Å². The Kier molecular flexibility index (Phi) is 4.75. The largest absolute Gasteiger partial charge is 0.478 e. The third-order valence-corrected chi connectivity index (χ3v) is 3.66. The van der Waals surface area contributed by atoms with Gasteiger partial charge >= 0.3 is 5.97 Å². The van der Waals surface area contributed by atoms with Crippen molar-refractivity contribution in [1.82, 2.24) is 9.88 Å². The van der Waals surface area contributed by atoms with Crippen LogP contribution in [0.5, 0.6) is 0 Å². The molecule has 21 heavy (non-hydrogen) atoms. The van der Waals surface area contributed by atoms with Crippen LogP contribution in [0, 0.1) is 0 Å². The Morgan fingerprint density at radius 2 is 2.00 bits per heavy atom. The molecule has 5 nitrogen and oxygen atoms in total. The van der Waals surface area contributed by atoms with Crippen LogP contribution in [-0.2, 0) is 0 Å². The maximum Gasteiger partial charge on any atom is 0.337 e. The van der Waals surface area contributed by atoms with Gasteiger partial charge in [0, 0.05) is 36.1 Å². The molecule has 2 aromatic rings. The van der Waals surface area contributed by atoms with Crippen molar-refractivity contribution in [3.05, 3.63) is 36.0 Å². The zero-order chi connectivity index (χ0) is 15.4. The Bertz CT molecular complexity index is 640. The van der Waals surface area contributed by atoms with Gasteiger partial charge in [-0.05, 0) is 20.9 Å². The fraction of sp³-hybridized carbons (Fsp3) is 0.375. The molecular formula is C16H21N3O2. The average molecular weight is 287 g/mol. The number of hydrogen-bond acceptors (Lipinski definition) is 4. The molecule has 0 saturated carbocycles. The van der Waals surface area contributed by atoms with Gasteiger partial charge in [0.05, 0.1) is 5.56 Å². The Morgan fingerprint density at radius 1 is 1.33 bits per heavy atom. The highest BCUT2D eigenvalue weighted by Crippen LogP contribution is 2.24. The van der Waals surface area contributed by atoms with E-state index < -0.39 is 5.97 Å². The first-order valence-electron chi connectivity index (χ1n) is 7.06. The molecule has 5 heteroatoms. The van der Waals surface area contributed by atoms with Crippen molar-refractivity contribution in [3.63, 3.8) is 0 Å². The summed E-state index contributed by atoms with van der Waals surface area (Å²) in [6, 6.07) is 7.92. The van der Waals surface area contributed by atoms with E-state index in [0.29, 0.717) is 11.4 Å². The van der Waals surface area contributed by atoms with Crippen molar-refractivity contribution in [2.24, 2.45) is 0 Å². The van der Waals surface area contributed by atoms with Crippen LogP contribution in [0.2, 0.25) is 0 Å². The molecule has 2 rings (SSSR count). The van der Waals surface area contributed by atoms with E-state index in [1.165, 1.54) is 6.20 Å². The second-order valence-corrected chi connectivity index (χ2v) is 5.37. The quantitative estimate of drug-likeness (QED) is 0.855. The normalized spacial score (nSPS) is 11.3. The van der Waals surface area contributed by atoms with Gasteiger partial charge in [-0.3, -0.25) is 0 Å². The average Bonchev–Trinajstić information content (AvgIpc) is 2.46. The van der Waals surface area contributed by atoms with Gasteiger partial charge in [0.1, 0.15) is 5.82 Å². The second kappa shape index (κ2) is 6.54. The number of pyridine rings is 1. The molecule has 1 aromatic heterocycles. The van der Waals surface area contributed by atoms with Gasteiger partial charge in [0.15, 0.2) is 0 Å². The summed E-state index contributed by atoms with van der Waals surface area (Å²) >= 11 is 0. The molecule has 0 fully saturated rings. The van der Waals surface area contributed by atoms with Gasteiger partial charge in [-0.1, -0.05) is 24.3 Å². The molecule has 0 aliphatic heterocycles. The van der Waals surface area contributed by atoms with E-state index in [0.717, 1.165) is 24.3 Å². The fourth-order valence-corrected chi connectivity index (χ4v) is 2.11. The third-order valence-electron chi connectivity index (χ3n) is 3.66. The number of carbonyl (C=O) groups is 1. The minimum atomic E-state index is -0.954. The van der Waals surface area contributed by atoms with E-state index in [2.05, 4.69) is 36.1 Å². The number of aromatic carboxylic acids is 1. The minimum absolute atomic E-state index is 0.232. The lowest BCUT2D eigenvalue weighted by molar-refractivity contribution is 0.0698. The van der Waals surface area contributed by atoms with E-state index in [1.54, 1.807) is 0 Å². The van der Waals surface area contributed by atoms with Crippen LogP contribution >= 0.6 is 0 Å². The molecule has 112 valence electrons. The number of anilines is 1. The lowest BCUT2D eigenvalue weighted by Crippen LogP contribution is -2.31. The first kappa shape index (κ1) is 15.3. The van der Waals surface area contributed by atoms with Crippen molar-refractivity contribution in [1.29, 1.82) is 0 Å². The van der Waals surface area contributed by atoms with E-state index in [9.17, 15) is 9.90 Å². The smallest absolute Gasteiger partial charge is 0.337 e. The lowest BCUT2D eigenvalue weighted by Gasteiger charge is -2.21. The number of nitrogens with zero attached hydrogens (tertiary/aromatic N) is 2. The molecule has 0 radical (unpaired) electrons. The summed E-state index contributed by atoms with van der Waals surface area (Å²) in [5.74, 6) is -0.224. The summed E-state index contributed by atoms with van der Waals surface area (Å²) in [5.41, 5.74) is 0.232. The number of aromatic nitrogens is 1. The van der Waals surface area contributed by atoms with Gasteiger partial charge in [-0.25, -0.2) is 9.78 Å². The molecule has 0 saturated heterocycles. The number of rotatable bonds is 6. The monoisotopic (exact) mass is 287 g/mol. The molecular weight excluding hydrogens is 266 g/mol. The summed E-state index contributed by atoms with van der Waals surface area (Å²) in [7, 11) is 2.07. The first-order valence-corrected chi connectivity index (χ1v) is 7.06. The number of benzene rings is 1. The molecule has 0 amide bonds. The van der Waals surface area contributed by atoms with Gasteiger partial charge in [0.2, 0.25) is 0 Å². The Labute approximate surface area is 124 Å². The van der Waals surface area contributed by atoms with Crippen molar-refractivity contribution in [2.75, 3.05) is 25.5 Å². The maximum absolute atomic E-state index is 11.2. The van der Waals surface area contributed by atoms with E-state index in [4.69, 9.17) is 0 Å². The highest BCUT2D eigenvalue weighted by atomic mass is 16.4. The number of fused-ring (bicyclic) bond motifs is 1. The van der Waals surface area contributed by atoms with E-state index in [1.807, 2.05) is 24.3 Å². The Morgan fingerprint density at radius 3 is 2.62 bits per heavy atom. The summed E-state index contributed by atoms with van der Waals surface area (Å²) < 4.78 is 0. The van der Waals surface area contributed by atoms with Crippen LogP contribution in [0.25, 0.3) is 10.8 Å². The predicted molar refractivity (Wildman–Crippen MR) is 85.0 cm³/mol. The molecule has 0 aliphatic carbocycles. The molecule has 0 spiro atoms. The fourth-order valence-electron chi connectivity index (χ4n) is 2.11. The second-order valence-electron chi connectivity index (χ2n) is 5.37. The van der Waals surface area contributed by atoms with Crippen molar-refractivity contribution in [3.8, 4) is 0 Å². The summed E-state index contributed by atoms with van der Waals surface area (Å²) in [6.07, 6.45) is 1.42. The Balaban J connectivity index is 2.22. The predicted octanol–water partition coefficient (Wildman–Crippen LogP) is 2.69. The summed E-state index contributed by atoms with van der Waals surface area (Å²) in [5, 5.41) is 14.1. The van der Waals surface area contributed by atoms with Crippen molar-refractivity contribution < 1.29 is 9.90 Å². The maximum atomic E-state index is 11.2. The number of hydrogen-bond donors (Lipinski definition) is 2. The Hall–Kier alpha value is -2.14.